The molecule has 0 aromatic heterocycles. The van der Waals surface area contributed by atoms with E-state index < -0.39 is 30.4 Å². The number of aliphatic hydroxyl groups excluding tert-OH is 1. The molecule has 0 radical (unpaired) electrons. The summed E-state index contributed by atoms with van der Waals surface area (Å²) in [7, 11) is 0. The molecule has 2 aliphatic rings. The third-order valence-corrected chi connectivity index (χ3v) is 9.83. The lowest BCUT2D eigenvalue weighted by Crippen LogP contribution is -2.53. The maximum Gasteiger partial charge on any atom is 0.247 e. The van der Waals surface area contributed by atoms with Crippen LogP contribution < -0.4 is 22.1 Å². The number of carbonyl (C=O) groups is 3. The summed E-state index contributed by atoms with van der Waals surface area (Å²) in [5.74, 6) is -0.628. The summed E-state index contributed by atoms with van der Waals surface area (Å²) < 4.78 is 0. The highest BCUT2D eigenvalue weighted by atomic mass is 16.3. The molecule has 2 fully saturated rings. The van der Waals surface area contributed by atoms with Crippen LogP contribution in [-0.4, -0.2) is 76.1 Å². The van der Waals surface area contributed by atoms with Crippen molar-refractivity contribution in [3.63, 3.8) is 0 Å². The van der Waals surface area contributed by atoms with Crippen molar-refractivity contribution in [2.24, 2.45) is 11.5 Å². The van der Waals surface area contributed by atoms with Crippen LogP contribution in [0.5, 0.6) is 0 Å². The molecule has 10 heteroatoms. The molecule has 2 aliphatic heterocycles. The van der Waals surface area contributed by atoms with E-state index >= 15 is 0 Å². The van der Waals surface area contributed by atoms with Crippen molar-refractivity contribution in [3.05, 3.63) is 126 Å². The Morgan fingerprint density at radius 3 is 1.94 bits per heavy atom. The molecule has 53 heavy (non-hydrogen) atoms. The maximum atomic E-state index is 13.3. The molecule has 1 unspecified atom stereocenters. The fraction of sp³-hybridized carbons (Fsp3) is 0.372. The largest absolute Gasteiger partial charge is 0.377 e. The molecule has 5 atom stereocenters. The molecule has 2 aromatic rings. The quantitative estimate of drug-likeness (QED) is 0.133. The van der Waals surface area contributed by atoms with Crippen molar-refractivity contribution in [1.82, 2.24) is 9.80 Å². The van der Waals surface area contributed by atoms with Gasteiger partial charge in [0.1, 0.15) is 12.3 Å². The predicted octanol–water partition coefficient (Wildman–Crippen LogP) is 6.04. The fourth-order valence-corrected chi connectivity index (χ4v) is 6.86. The van der Waals surface area contributed by atoms with Crippen molar-refractivity contribution < 1.29 is 19.5 Å². The predicted molar refractivity (Wildman–Crippen MR) is 216 cm³/mol. The Hall–Kier alpha value is -4.87. The number of anilines is 2. The van der Waals surface area contributed by atoms with Gasteiger partial charge in [-0.15, -0.1) is 0 Å². The van der Waals surface area contributed by atoms with Crippen LogP contribution in [0.1, 0.15) is 70.4 Å². The van der Waals surface area contributed by atoms with Crippen LogP contribution in [0.15, 0.2) is 115 Å². The van der Waals surface area contributed by atoms with Gasteiger partial charge in [-0.05, 0) is 106 Å². The topological polar surface area (TPSA) is 154 Å². The van der Waals surface area contributed by atoms with E-state index in [-0.39, 0.29) is 17.7 Å². The van der Waals surface area contributed by atoms with Crippen LogP contribution in [0.2, 0.25) is 0 Å². The summed E-state index contributed by atoms with van der Waals surface area (Å²) in [4.78, 5) is 43.2. The lowest BCUT2D eigenvalue weighted by molar-refractivity contribution is -0.137. The summed E-state index contributed by atoms with van der Waals surface area (Å²) in [6.45, 7) is 15.0. The minimum absolute atomic E-state index is 0.188. The molecule has 3 amide bonds. The van der Waals surface area contributed by atoms with E-state index in [2.05, 4.69) is 23.8 Å². The molecule has 0 spiro atoms. The molecule has 4 rings (SSSR count). The molecular formula is C43H56N6O4. The number of hydrogen-bond acceptors (Lipinski definition) is 7. The number of nitrogens with one attached hydrogen (secondary N) is 2. The van der Waals surface area contributed by atoms with Gasteiger partial charge in [0.25, 0.3) is 0 Å². The highest BCUT2D eigenvalue weighted by Crippen LogP contribution is 2.27. The number of aliphatic hydroxyl groups is 1. The molecule has 7 N–H and O–H groups in total. The molecule has 2 aromatic carbocycles. The molecule has 282 valence electrons. The van der Waals surface area contributed by atoms with E-state index in [1.807, 2.05) is 106 Å². The van der Waals surface area contributed by atoms with Crippen molar-refractivity contribution >= 4 is 34.7 Å². The van der Waals surface area contributed by atoms with Gasteiger partial charge in [-0.2, -0.15) is 0 Å². The second-order valence-electron chi connectivity index (χ2n) is 13.8. The van der Waals surface area contributed by atoms with Gasteiger partial charge in [-0.3, -0.25) is 19.3 Å². The van der Waals surface area contributed by atoms with Crippen molar-refractivity contribution in [3.8, 4) is 0 Å². The Bertz CT molecular complexity index is 1730. The van der Waals surface area contributed by atoms with Gasteiger partial charge in [0.05, 0.1) is 12.1 Å². The van der Waals surface area contributed by atoms with E-state index in [0.29, 0.717) is 50.1 Å². The third-order valence-electron chi connectivity index (χ3n) is 9.83. The maximum absolute atomic E-state index is 13.3. The van der Waals surface area contributed by atoms with Gasteiger partial charge in [0.15, 0.2) is 0 Å². The average Bonchev–Trinajstić information content (AvgIpc) is 3.86. The van der Waals surface area contributed by atoms with E-state index in [9.17, 15) is 19.5 Å². The second-order valence-corrected chi connectivity index (χ2v) is 13.8. The summed E-state index contributed by atoms with van der Waals surface area (Å²) in [6, 6.07) is 12.5. The monoisotopic (exact) mass is 720 g/mol. The Morgan fingerprint density at radius 2 is 1.38 bits per heavy atom. The average molecular weight is 721 g/mol. The van der Waals surface area contributed by atoms with Gasteiger partial charge in [-0.1, -0.05) is 85.5 Å². The number of nitrogens with zero attached hydrogens (tertiary/aromatic N) is 2. The van der Waals surface area contributed by atoms with Gasteiger partial charge in [0.2, 0.25) is 17.7 Å². The normalized spacial score (nSPS) is 20.1. The van der Waals surface area contributed by atoms with Gasteiger partial charge >= 0.3 is 0 Å². The Labute approximate surface area is 314 Å². The third kappa shape index (κ3) is 11.1. The Morgan fingerprint density at radius 1 is 0.849 bits per heavy atom. The lowest BCUT2D eigenvalue weighted by atomic mass is 9.99. The van der Waals surface area contributed by atoms with Crippen molar-refractivity contribution in [2.75, 3.05) is 23.7 Å². The van der Waals surface area contributed by atoms with E-state index in [1.165, 1.54) is 0 Å². The molecule has 0 bridgehead atoms. The van der Waals surface area contributed by atoms with Crippen LogP contribution >= 0.6 is 0 Å². The number of allylic oxidation sites excluding steroid dienone is 7. The summed E-state index contributed by atoms with van der Waals surface area (Å²) in [6.07, 6.45) is 15.9. The highest BCUT2D eigenvalue weighted by Gasteiger charge is 2.38. The lowest BCUT2D eigenvalue weighted by Gasteiger charge is -2.32. The second kappa shape index (κ2) is 19.8. The fourth-order valence-electron chi connectivity index (χ4n) is 6.86. The summed E-state index contributed by atoms with van der Waals surface area (Å²) in [5.41, 5.74) is 18.3. The van der Waals surface area contributed by atoms with Crippen LogP contribution in [0.25, 0.3) is 5.57 Å². The van der Waals surface area contributed by atoms with Crippen LogP contribution in [0.3, 0.4) is 0 Å². The number of likely N-dealkylation sites (tertiary alicyclic amines) is 2. The standard InChI is InChI=1S/C43H56N6O4/c1-6-9-13-29(4)27-36(44)42(52)48-25-11-15-38(48)40(50)46-34-21-17-32(18-22-34)30(5)33-19-23-35(24-20-33)47-41(51)39-16-12-26-49(39)43(53)37(45)28-31(8-3)14-10-7-2/h6-10,13-14,17-24,36-39,43,53H,3,5,11-12,15-16,25-28,44-45H2,1-2,4H3,(H,46,50)(H,47,51)/b9-6-,10-7-,29-13+,31-14+/t36-,37-,38+,39+,43?/m1/s1. The minimum atomic E-state index is -0.969. The zero-order valence-corrected chi connectivity index (χ0v) is 31.3. The summed E-state index contributed by atoms with van der Waals surface area (Å²) >= 11 is 0. The molecular weight excluding hydrogens is 665 g/mol. The zero-order valence-electron chi connectivity index (χ0n) is 31.3. The minimum Gasteiger partial charge on any atom is -0.377 e. The number of benzene rings is 2. The Kier molecular flexibility index (Phi) is 15.3. The number of nitrogens with two attached hydrogens (primary N) is 2. The zero-order chi connectivity index (χ0) is 38.5. The number of carbonyl (C=O) groups excluding carboxylic acids is 3. The molecule has 0 saturated carbocycles. The van der Waals surface area contributed by atoms with E-state index in [1.54, 1.807) is 15.9 Å². The van der Waals surface area contributed by atoms with Crippen molar-refractivity contribution in [1.29, 1.82) is 0 Å². The first-order chi connectivity index (χ1) is 25.5. The van der Waals surface area contributed by atoms with Gasteiger partial charge in [-0.25, -0.2) is 0 Å². The number of amides is 3. The number of hydrogen-bond donors (Lipinski definition) is 5. The summed E-state index contributed by atoms with van der Waals surface area (Å²) in [5, 5.41) is 17.0. The smallest absolute Gasteiger partial charge is 0.247 e. The van der Waals surface area contributed by atoms with Crippen LogP contribution in [0.4, 0.5) is 11.4 Å². The van der Waals surface area contributed by atoms with Gasteiger partial charge in [0, 0.05) is 30.5 Å². The van der Waals surface area contributed by atoms with E-state index in [4.69, 9.17) is 11.5 Å². The first kappa shape index (κ1) is 40.9. The molecule has 2 saturated heterocycles. The number of rotatable bonds is 16. The van der Waals surface area contributed by atoms with E-state index in [0.717, 1.165) is 40.7 Å². The molecule has 2 heterocycles. The highest BCUT2D eigenvalue weighted by molar-refractivity contribution is 5.98. The van der Waals surface area contributed by atoms with Crippen molar-refractivity contribution in [2.45, 2.75) is 89.7 Å². The SMILES string of the molecule is C=C/C(=C\C=C/C)C[C@@H](N)C(O)N1CCC[C@H]1C(=O)Nc1ccc(C(=C)c2ccc(NC(=O)[C@@H]3CCCN3C(=O)[C@H](N)C/C(C)=C/C=C\C)cc2)cc1. The first-order valence-corrected chi connectivity index (χ1v) is 18.5. The van der Waals surface area contributed by atoms with Crippen LogP contribution in [-0.2, 0) is 14.4 Å². The molecule has 0 aliphatic carbocycles. The van der Waals surface area contributed by atoms with Crippen LogP contribution in [0, 0.1) is 0 Å². The van der Waals surface area contributed by atoms with Gasteiger partial charge < -0.3 is 32.1 Å². The first-order valence-electron chi connectivity index (χ1n) is 18.5. The Balaban J connectivity index is 1.31. The molecule has 10 nitrogen and oxygen atoms in total.